The monoisotopic (exact) mass is 610 g/mol. The van der Waals surface area contributed by atoms with Crippen LogP contribution in [-0.2, 0) is 52.8 Å². The van der Waals surface area contributed by atoms with E-state index in [9.17, 15) is 40.9 Å². The molecule has 3 heterocycles. The maximum atomic E-state index is 13.1. The molecule has 0 saturated carbocycles. The summed E-state index contributed by atoms with van der Waals surface area (Å²) < 4.78 is 57.2. The molecule has 1 saturated heterocycles. The highest BCUT2D eigenvalue weighted by molar-refractivity contribution is 7.87. The molecule has 0 radical (unpaired) electrons. The number of nitrogens with two attached hydrogens (primary N) is 2. The first-order valence-electron chi connectivity index (χ1n) is 10.4. The van der Waals surface area contributed by atoms with Crippen LogP contribution in [0.25, 0.3) is 0 Å². The lowest BCUT2D eigenvalue weighted by atomic mass is 9.98. The van der Waals surface area contributed by atoms with Gasteiger partial charge in [0.25, 0.3) is 22.0 Å². The number of carbonyl (C=O) groups excluding carboxylic acids is 2. The largest absolute Gasteiger partial charge is 0.478 e. The van der Waals surface area contributed by atoms with Crippen LogP contribution in [0.5, 0.6) is 0 Å². The summed E-state index contributed by atoms with van der Waals surface area (Å²) in [6.07, 6.45) is 1.13. The van der Waals surface area contributed by atoms with Crippen LogP contribution in [0.4, 0.5) is 5.13 Å². The number of hydrogen-bond donors (Lipinski definition) is 6. The Morgan fingerprint density at radius 3 is 2.51 bits per heavy atom. The molecule has 0 aromatic carbocycles. The van der Waals surface area contributed by atoms with Crippen molar-refractivity contribution in [3.63, 3.8) is 0 Å². The molecule has 1 aliphatic heterocycles. The highest BCUT2D eigenvalue weighted by Gasteiger charge is 2.54. The van der Waals surface area contributed by atoms with Gasteiger partial charge >= 0.3 is 16.3 Å². The van der Waals surface area contributed by atoms with E-state index in [4.69, 9.17) is 15.7 Å². The molecule has 23 heteroatoms. The number of nitrogens with one attached hydrogen (secondary N) is 2. The number of carbonyl (C=O) groups is 3. The van der Waals surface area contributed by atoms with Crippen LogP contribution >= 0.6 is 11.3 Å². The van der Waals surface area contributed by atoms with Gasteiger partial charge in [0.1, 0.15) is 17.8 Å². The highest BCUT2D eigenvalue weighted by Crippen LogP contribution is 2.25. The number of rotatable bonds is 12. The quantitative estimate of drug-likeness (QED) is 0.0585. The minimum atomic E-state index is -5.08. The highest BCUT2D eigenvalue weighted by atomic mass is 32.2. The number of anilines is 1. The lowest BCUT2D eigenvalue weighted by molar-refractivity contribution is -0.161. The van der Waals surface area contributed by atoms with Gasteiger partial charge < -0.3 is 21.0 Å². The molecule has 3 rings (SSSR count). The van der Waals surface area contributed by atoms with Gasteiger partial charge in [-0.2, -0.15) is 36.6 Å². The zero-order valence-corrected chi connectivity index (χ0v) is 22.4. The van der Waals surface area contributed by atoms with Crippen molar-refractivity contribution < 1.29 is 45.7 Å². The topological polar surface area (TPSA) is 304 Å². The van der Waals surface area contributed by atoms with E-state index in [2.05, 4.69) is 25.7 Å². The van der Waals surface area contributed by atoms with E-state index in [1.54, 1.807) is 0 Å². The molecular formula is C16H22N10O10S3. The van der Waals surface area contributed by atoms with Gasteiger partial charge in [0, 0.05) is 5.38 Å². The Hall–Kier alpha value is -3.77. The van der Waals surface area contributed by atoms with Gasteiger partial charge in [0.2, 0.25) is 5.60 Å². The summed E-state index contributed by atoms with van der Waals surface area (Å²) >= 11 is 0.919. The fourth-order valence-electron chi connectivity index (χ4n) is 2.99. The van der Waals surface area contributed by atoms with Gasteiger partial charge in [-0.05, 0) is 13.8 Å². The molecule has 214 valence electrons. The van der Waals surface area contributed by atoms with Gasteiger partial charge in [0.15, 0.2) is 10.8 Å². The Morgan fingerprint density at radius 1 is 1.31 bits per heavy atom. The average Bonchev–Trinajstić information content (AvgIpc) is 3.43. The molecular weight excluding hydrogens is 588 g/mol. The minimum absolute atomic E-state index is 0.0237. The molecule has 39 heavy (non-hydrogen) atoms. The van der Waals surface area contributed by atoms with Crippen LogP contribution in [0, 0.1) is 0 Å². The van der Waals surface area contributed by atoms with Crippen molar-refractivity contribution in [1.29, 1.82) is 0 Å². The molecule has 2 atom stereocenters. The SMILES string of the molecule is CC(C)(ON=C(C(=O)NC1C(=O)N(S(=O)(=O)O)C1Cn1ncc(CNS(N)(=O)=O)n1)c1csc(N)n1)C(=O)O. The van der Waals surface area contributed by atoms with Crippen molar-refractivity contribution in [1.82, 2.24) is 34.3 Å². The first kappa shape index (κ1) is 29.8. The van der Waals surface area contributed by atoms with Gasteiger partial charge in [-0.25, -0.2) is 19.2 Å². The number of carboxylic acid groups (broad SMARTS) is 1. The summed E-state index contributed by atoms with van der Waals surface area (Å²) in [7, 11) is -9.12. The first-order valence-corrected chi connectivity index (χ1v) is 14.2. The standard InChI is InChI=1S/C16H22N10O10S3/c1-16(2,14(29)30)36-24-10(8-6-37-15(17)21-8)12(27)22-11-9(26(13(11)28)39(33,34)35)5-25-19-3-7(23-25)4-20-38(18,31)32/h3,6,9,11,20H,4-5H2,1-2H3,(H2,17,21)(H,22,27)(H,29,30)(H2,18,31,32)(H,33,34,35). The molecule has 1 aliphatic rings. The van der Waals surface area contributed by atoms with Crippen molar-refractivity contribution in [2.45, 2.75) is 44.6 Å². The number of aromatic nitrogens is 4. The molecule has 8 N–H and O–H groups in total. The van der Waals surface area contributed by atoms with E-state index in [0.717, 1.165) is 36.2 Å². The van der Waals surface area contributed by atoms with Crippen molar-refractivity contribution >= 4 is 60.5 Å². The smallest absolute Gasteiger partial charge is 0.362 e. The fourth-order valence-corrected chi connectivity index (χ4v) is 4.76. The number of carboxylic acids is 1. The normalized spacial score (nSPS) is 18.5. The van der Waals surface area contributed by atoms with Gasteiger partial charge in [-0.1, -0.05) is 5.16 Å². The number of oxime groups is 1. The number of amides is 2. The maximum Gasteiger partial charge on any atom is 0.362 e. The van der Waals surface area contributed by atoms with E-state index >= 15 is 0 Å². The van der Waals surface area contributed by atoms with Crippen molar-refractivity contribution in [2.24, 2.45) is 10.3 Å². The number of β-lactam (4-membered cyclic amide) rings is 1. The number of nitrogen functional groups attached to an aromatic ring is 1. The van der Waals surface area contributed by atoms with Crippen LogP contribution < -0.4 is 20.9 Å². The summed E-state index contributed by atoms with van der Waals surface area (Å²) in [5, 5.41) is 29.0. The second-order valence-electron chi connectivity index (χ2n) is 8.30. The van der Waals surface area contributed by atoms with Crippen molar-refractivity contribution in [3.8, 4) is 0 Å². The lowest BCUT2D eigenvalue weighted by Crippen LogP contribution is -2.73. The van der Waals surface area contributed by atoms with Crippen LogP contribution in [-0.4, -0.2) is 92.0 Å². The van der Waals surface area contributed by atoms with Crippen LogP contribution in [0.3, 0.4) is 0 Å². The first-order chi connectivity index (χ1) is 17.9. The van der Waals surface area contributed by atoms with Crippen LogP contribution in [0.2, 0.25) is 0 Å². The molecule has 0 spiro atoms. The molecule has 0 bridgehead atoms. The maximum absolute atomic E-state index is 13.1. The third-order valence-corrected chi connectivity index (χ3v) is 7.12. The summed E-state index contributed by atoms with van der Waals surface area (Å²) in [6, 6.07) is -3.01. The van der Waals surface area contributed by atoms with Crippen LogP contribution in [0.1, 0.15) is 25.2 Å². The fraction of sp³-hybridized carbons (Fsp3) is 0.438. The number of hydrogen-bond acceptors (Lipinski definition) is 14. The lowest BCUT2D eigenvalue weighted by Gasteiger charge is -2.43. The Kier molecular flexibility index (Phi) is 8.23. The Labute approximate surface area is 224 Å². The summed E-state index contributed by atoms with van der Waals surface area (Å²) in [5.41, 5.74) is 3.09. The molecule has 2 aromatic rings. The molecule has 1 fully saturated rings. The summed E-state index contributed by atoms with van der Waals surface area (Å²) in [5.74, 6) is -3.75. The van der Waals surface area contributed by atoms with E-state index in [0.29, 0.717) is 0 Å². The zero-order valence-electron chi connectivity index (χ0n) is 19.9. The minimum Gasteiger partial charge on any atom is -0.478 e. The molecule has 2 amide bonds. The Bertz CT molecular complexity index is 1530. The molecule has 0 aliphatic carbocycles. The molecule has 2 aromatic heterocycles. The van der Waals surface area contributed by atoms with E-state index in [-0.39, 0.29) is 27.4 Å². The van der Waals surface area contributed by atoms with Gasteiger partial charge in [-0.3, -0.25) is 14.1 Å². The third kappa shape index (κ3) is 7.21. The van der Waals surface area contributed by atoms with Crippen LogP contribution in [0.15, 0.2) is 16.7 Å². The van der Waals surface area contributed by atoms with Crippen molar-refractivity contribution in [2.75, 3.05) is 5.73 Å². The zero-order chi connectivity index (χ0) is 29.3. The van der Waals surface area contributed by atoms with E-state index in [1.165, 1.54) is 5.38 Å². The Morgan fingerprint density at radius 2 is 1.97 bits per heavy atom. The van der Waals surface area contributed by atoms with Gasteiger partial charge in [-0.15, -0.1) is 11.3 Å². The number of thiazole rings is 1. The summed E-state index contributed by atoms with van der Waals surface area (Å²) in [4.78, 5) is 46.8. The molecule has 2 unspecified atom stereocenters. The average molecular weight is 611 g/mol. The van der Waals surface area contributed by atoms with E-state index < -0.39 is 68.2 Å². The summed E-state index contributed by atoms with van der Waals surface area (Å²) in [6.45, 7) is 1.48. The predicted octanol–water partition coefficient (Wildman–Crippen LogP) is -3.61. The predicted molar refractivity (Wildman–Crippen MR) is 130 cm³/mol. The third-order valence-electron chi connectivity index (χ3n) is 4.95. The molecule has 20 nitrogen and oxygen atoms in total. The van der Waals surface area contributed by atoms with Crippen molar-refractivity contribution in [3.05, 3.63) is 23.0 Å². The second kappa shape index (κ2) is 10.8. The number of aliphatic carboxylic acids is 1. The number of nitrogens with zero attached hydrogens (tertiary/aromatic N) is 6. The second-order valence-corrected chi connectivity index (χ2v) is 11.9. The van der Waals surface area contributed by atoms with Gasteiger partial charge in [0.05, 0.1) is 25.0 Å². The Balaban J connectivity index is 1.85. The van der Waals surface area contributed by atoms with E-state index in [1.807, 2.05) is 4.72 Å².